The zero-order valence-electron chi connectivity index (χ0n) is 11.8. The smallest absolute Gasteiger partial charge is 0.326 e. The first kappa shape index (κ1) is 15.4. The van der Waals surface area contributed by atoms with E-state index in [9.17, 15) is 9.59 Å². The van der Waals surface area contributed by atoms with Crippen LogP contribution in [0.1, 0.15) is 12.5 Å². The Bertz CT molecular complexity index is 681. The van der Waals surface area contributed by atoms with E-state index >= 15 is 0 Å². The number of carbonyl (C=O) groups is 2. The number of esters is 1. The van der Waals surface area contributed by atoms with Crippen LogP contribution < -0.4 is 0 Å². The number of benzene rings is 1. The first-order valence-corrected chi connectivity index (χ1v) is 7.47. The number of hydrogen-bond acceptors (Lipinski definition) is 5. The Kier molecular flexibility index (Phi) is 4.85. The summed E-state index contributed by atoms with van der Waals surface area (Å²) in [5.41, 5.74) is 2.55. The second kappa shape index (κ2) is 6.62. The van der Waals surface area contributed by atoms with Gasteiger partial charge in [-0.1, -0.05) is 23.9 Å². The average molecular weight is 308 g/mol. The monoisotopic (exact) mass is 308 g/mol. The Labute approximate surface area is 126 Å². The first-order valence-electron chi connectivity index (χ1n) is 6.49. The van der Waals surface area contributed by atoms with Gasteiger partial charge in [0.15, 0.2) is 5.16 Å². The predicted molar refractivity (Wildman–Crippen MR) is 79.5 cm³/mol. The van der Waals surface area contributed by atoms with Crippen LogP contribution in [0.15, 0.2) is 23.4 Å². The molecule has 0 aliphatic carbocycles. The van der Waals surface area contributed by atoms with Crippen LogP contribution in [0, 0.1) is 6.92 Å². The summed E-state index contributed by atoms with van der Waals surface area (Å²) in [6.45, 7) is 4.01. The molecular weight excluding hydrogens is 292 g/mol. The van der Waals surface area contributed by atoms with E-state index in [-0.39, 0.29) is 18.3 Å². The molecule has 6 nitrogen and oxygen atoms in total. The molecule has 0 aliphatic heterocycles. The maximum atomic E-state index is 11.8. The van der Waals surface area contributed by atoms with Crippen LogP contribution in [0.4, 0.5) is 0 Å². The Morgan fingerprint density at radius 3 is 2.86 bits per heavy atom. The molecule has 1 aromatic carbocycles. The summed E-state index contributed by atoms with van der Waals surface area (Å²) >= 11 is 1.09. The van der Waals surface area contributed by atoms with Gasteiger partial charge in [0.25, 0.3) is 0 Å². The first-order chi connectivity index (χ1) is 10.0. The van der Waals surface area contributed by atoms with Gasteiger partial charge in [-0.25, -0.2) is 4.98 Å². The van der Waals surface area contributed by atoms with Gasteiger partial charge < -0.3 is 14.4 Å². The van der Waals surface area contributed by atoms with Crippen LogP contribution in [0.5, 0.6) is 0 Å². The highest BCUT2D eigenvalue weighted by Gasteiger charge is 2.17. The lowest BCUT2D eigenvalue weighted by Crippen LogP contribution is -2.15. The van der Waals surface area contributed by atoms with E-state index in [0.29, 0.717) is 11.8 Å². The number of aliphatic carboxylic acids is 1. The highest BCUT2D eigenvalue weighted by molar-refractivity contribution is 7.99. The molecule has 0 bridgehead atoms. The van der Waals surface area contributed by atoms with Crippen molar-refractivity contribution in [2.45, 2.75) is 25.5 Å². The molecule has 0 saturated carbocycles. The molecule has 2 aromatic rings. The fourth-order valence-electron chi connectivity index (χ4n) is 2.06. The van der Waals surface area contributed by atoms with Crippen molar-refractivity contribution in [2.75, 3.05) is 12.4 Å². The van der Waals surface area contributed by atoms with Gasteiger partial charge in [-0.05, 0) is 25.5 Å². The maximum Gasteiger partial charge on any atom is 0.326 e. The number of ether oxygens (including phenoxy) is 1. The predicted octanol–water partition coefficient (Wildman–Crippen LogP) is 2.08. The maximum absolute atomic E-state index is 11.8. The highest BCUT2D eigenvalue weighted by atomic mass is 32.2. The number of carboxylic acids is 1. The summed E-state index contributed by atoms with van der Waals surface area (Å²) in [6, 6.07) is 5.65. The van der Waals surface area contributed by atoms with E-state index in [4.69, 9.17) is 9.84 Å². The number of thioether (sulfide) groups is 1. The quantitative estimate of drug-likeness (QED) is 0.650. The van der Waals surface area contributed by atoms with Gasteiger partial charge in [-0.3, -0.25) is 9.59 Å². The minimum absolute atomic E-state index is 0.0249. The van der Waals surface area contributed by atoms with Crippen molar-refractivity contribution in [1.82, 2.24) is 9.55 Å². The summed E-state index contributed by atoms with van der Waals surface area (Å²) in [4.78, 5) is 26.9. The molecule has 0 amide bonds. The van der Waals surface area contributed by atoms with E-state index in [1.807, 2.05) is 25.1 Å². The van der Waals surface area contributed by atoms with Crippen LogP contribution in [-0.4, -0.2) is 39.0 Å². The van der Waals surface area contributed by atoms with Gasteiger partial charge in [0.2, 0.25) is 0 Å². The number of carboxylic acid groups (broad SMARTS) is 1. The van der Waals surface area contributed by atoms with Gasteiger partial charge >= 0.3 is 11.9 Å². The normalized spacial score (nSPS) is 10.8. The van der Waals surface area contributed by atoms with Gasteiger partial charge in [-0.15, -0.1) is 0 Å². The minimum Gasteiger partial charge on any atom is -0.481 e. The molecule has 0 fully saturated rings. The van der Waals surface area contributed by atoms with Gasteiger partial charge in [0.1, 0.15) is 6.54 Å². The van der Waals surface area contributed by atoms with Gasteiger partial charge in [0, 0.05) is 0 Å². The zero-order chi connectivity index (χ0) is 15.4. The molecule has 0 unspecified atom stereocenters. The van der Waals surface area contributed by atoms with Crippen molar-refractivity contribution in [3.05, 3.63) is 23.8 Å². The Morgan fingerprint density at radius 1 is 1.43 bits per heavy atom. The van der Waals surface area contributed by atoms with Gasteiger partial charge in [-0.2, -0.15) is 0 Å². The fourth-order valence-corrected chi connectivity index (χ4v) is 2.79. The molecule has 1 heterocycles. The van der Waals surface area contributed by atoms with Crippen molar-refractivity contribution in [2.24, 2.45) is 0 Å². The number of aryl methyl sites for hydroxylation is 1. The molecule has 1 N–H and O–H groups in total. The number of aromatic nitrogens is 2. The molecule has 0 spiro atoms. The van der Waals surface area contributed by atoms with E-state index in [1.165, 1.54) is 0 Å². The summed E-state index contributed by atoms with van der Waals surface area (Å²) in [5.74, 6) is -1.39. The molecule has 2 rings (SSSR count). The Hall–Kier alpha value is -2.02. The zero-order valence-corrected chi connectivity index (χ0v) is 12.6. The summed E-state index contributed by atoms with van der Waals surface area (Å²) in [7, 11) is 0. The molecule has 21 heavy (non-hydrogen) atoms. The van der Waals surface area contributed by atoms with Crippen LogP contribution in [0.25, 0.3) is 11.0 Å². The van der Waals surface area contributed by atoms with Crippen LogP contribution in [0.2, 0.25) is 0 Å². The molecule has 0 atom stereocenters. The molecule has 0 radical (unpaired) electrons. The number of rotatable bonds is 6. The molecule has 0 saturated heterocycles. The topological polar surface area (TPSA) is 81.4 Å². The fraction of sp³-hybridized carbons (Fsp3) is 0.357. The molecule has 7 heteroatoms. The number of carbonyl (C=O) groups excluding carboxylic acids is 1. The van der Waals surface area contributed by atoms with E-state index < -0.39 is 5.97 Å². The van der Waals surface area contributed by atoms with E-state index in [2.05, 4.69) is 4.98 Å². The Balaban J connectivity index is 2.43. The van der Waals surface area contributed by atoms with E-state index in [1.54, 1.807) is 11.5 Å². The third kappa shape index (κ3) is 3.55. The molecule has 0 aliphatic rings. The standard InChI is InChI=1S/C14H16N2O4S/c1-3-20-12(19)7-16-13-9(2)5-4-6-10(13)15-14(16)21-8-11(17)18/h4-6H,3,7-8H2,1-2H3,(H,17,18). The SMILES string of the molecule is CCOC(=O)Cn1c(SCC(=O)O)nc2cccc(C)c21. The lowest BCUT2D eigenvalue weighted by atomic mass is 10.2. The van der Waals surface area contributed by atoms with Crippen molar-refractivity contribution < 1.29 is 19.4 Å². The van der Waals surface area contributed by atoms with Crippen molar-refractivity contribution in [3.8, 4) is 0 Å². The second-order valence-corrected chi connectivity index (χ2v) is 5.35. The number of nitrogens with zero attached hydrogens (tertiary/aromatic N) is 2. The molecule has 112 valence electrons. The van der Waals surface area contributed by atoms with Crippen LogP contribution in [-0.2, 0) is 20.9 Å². The second-order valence-electron chi connectivity index (χ2n) is 4.41. The molecular formula is C14H16N2O4S. The average Bonchev–Trinajstić information content (AvgIpc) is 2.76. The number of imidazole rings is 1. The summed E-state index contributed by atoms with van der Waals surface area (Å²) in [6.07, 6.45) is 0. The number of para-hydroxylation sites is 1. The van der Waals surface area contributed by atoms with Gasteiger partial charge in [0.05, 0.1) is 23.4 Å². The van der Waals surface area contributed by atoms with Crippen molar-refractivity contribution in [1.29, 1.82) is 0 Å². The Morgan fingerprint density at radius 2 is 2.19 bits per heavy atom. The number of hydrogen-bond donors (Lipinski definition) is 1. The van der Waals surface area contributed by atoms with Crippen LogP contribution >= 0.6 is 11.8 Å². The third-order valence-electron chi connectivity index (χ3n) is 2.85. The minimum atomic E-state index is -0.925. The lowest BCUT2D eigenvalue weighted by Gasteiger charge is -2.09. The van der Waals surface area contributed by atoms with Crippen molar-refractivity contribution >= 4 is 34.7 Å². The summed E-state index contributed by atoms with van der Waals surface area (Å²) in [5, 5.41) is 9.32. The largest absolute Gasteiger partial charge is 0.481 e. The molecule has 1 aromatic heterocycles. The van der Waals surface area contributed by atoms with E-state index in [0.717, 1.165) is 28.4 Å². The highest BCUT2D eigenvalue weighted by Crippen LogP contribution is 2.26. The number of fused-ring (bicyclic) bond motifs is 1. The summed E-state index contributed by atoms with van der Waals surface area (Å²) < 4.78 is 6.69. The van der Waals surface area contributed by atoms with Crippen molar-refractivity contribution in [3.63, 3.8) is 0 Å². The third-order valence-corrected chi connectivity index (χ3v) is 3.81. The lowest BCUT2D eigenvalue weighted by molar-refractivity contribution is -0.143. The van der Waals surface area contributed by atoms with Crippen LogP contribution in [0.3, 0.4) is 0 Å².